The van der Waals surface area contributed by atoms with Crippen molar-refractivity contribution in [3.8, 4) is 5.69 Å². The monoisotopic (exact) mass is 498 g/mol. The summed E-state index contributed by atoms with van der Waals surface area (Å²) in [4.78, 5) is 44.7. The molecule has 0 atom stereocenters. The van der Waals surface area contributed by atoms with Gasteiger partial charge in [0.05, 0.1) is 29.8 Å². The number of carbonyl (C=O) groups excluding carboxylic acids is 2. The highest BCUT2D eigenvalue weighted by atomic mass is 32.2. The number of nitrogens with zero attached hydrogens (tertiary/aromatic N) is 2. The van der Waals surface area contributed by atoms with E-state index in [4.69, 9.17) is 9.72 Å². The Balaban J connectivity index is 1.85. The molecule has 1 aromatic carbocycles. The zero-order valence-electron chi connectivity index (χ0n) is 19.7. The number of benzene rings is 1. The maximum absolute atomic E-state index is 13.8. The molecule has 0 aliphatic carbocycles. The third-order valence-corrected chi connectivity index (χ3v) is 7.98. The molecule has 2 N–H and O–H groups in total. The van der Waals surface area contributed by atoms with E-state index < -0.39 is 5.97 Å². The quantitative estimate of drug-likeness (QED) is 0.304. The lowest BCUT2D eigenvalue weighted by Crippen LogP contribution is -2.44. The van der Waals surface area contributed by atoms with Crippen LogP contribution in [-0.2, 0) is 9.53 Å². The Morgan fingerprint density at radius 3 is 2.71 bits per heavy atom. The predicted octanol–water partition coefficient (Wildman–Crippen LogP) is 3.90. The van der Waals surface area contributed by atoms with Gasteiger partial charge in [0.1, 0.15) is 4.83 Å². The highest BCUT2D eigenvalue weighted by molar-refractivity contribution is 7.99. The van der Waals surface area contributed by atoms with E-state index in [1.807, 2.05) is 45.9 Å². The number of aryl methyl sites for hydroxylation is 3. The molecule has 4 rings (SSSR count). The molecule has 10 heteroatoms. The van der Waals surface area contributed by atoms with Crippen molar-refractivity contribution in [1.82, 2.24) is 20.2 Å². The highest BCUT2D eigenvalue weighted by Gasteiger charge is 2.25. The Morgan fingerprint density at radius 1 is 1.21 bits per heavy atom. The van der Waals surface area contributed by atoms with E-state index in [9.17, 15) is 14.4 Å². The van der Waals surface area contributed by atoms with Gasteiger partial charge in [-0.3, -0.25) is 9.36 Å². The first-order valence-electron chi connectivity index (χ1n) is 10.9. The second-order valence-corrected chi connectivity index (χ2v) is 10.1. The Labute approximate surface area is 205 Å². The van der Waals surface area contributed by atoms with Crippen LogP contribution in [0.1, 0.15) is 28.5 Å². The van der Waals surface area contributed by atoms with Crippen LogP contribution in [0.15, 0.2) is 39.4 Å². The summed E-state index contributed by atoms with van der Waals surface area (Å²) in [5, 5.41) is 6.44. The fourth-order valence-corrected chi connectivity index (χ4v) is 5.83. The van der Waals surface area contributed by atoms with Crippen molar-refractivity contribution in [1.29, 1.82) is 0 Å². The number of nitrogens with one attached hydrogen (secondary N) is 2. The molecule has 0 unspecified atom stereocenters. The lowest BCUT2D eigenvalue weighted by atomic mass is 10.1. The van der Waals surface area contributed by atoms with Gasteiger partial charge < -0.3 is 15.4 Å². The molecule has 3 aromatic rings. The number of urea groups is 1. The van der Waals surface area contributed by atoms with Crippen LogP contribution in [0, 0.1) is 27.7 Å². The van der Waals surface area contributed by atoms with E-state index in [1.54, 1.807) is 11.5 Å². The van der Waals surface area contributed by atoms with Crippen molar-refractivity contribution in [3.05, 3.63) is 61.4 Å². The first kappa shape index (κ1) is 24.0. The number of esters is 1. The predicted molar refractivity (Wildman–Crippen MR) is 135 cm³/mol. The molecule has 34 heavy (non-hydrogen) atoms. The molecule has 0 saturated heterocycles. The summed E-state index contributed by atoms with van der Waals surface area (Å²) in [5.41, 5.74) is 4.43. The molecule has 0 spiro atoms. The first-order chi connectivity index (χ1) is 16.2. The largest absolute Gasteiger partial charge is 0.463 e. The summed E-state index contributed by atoms with van der Waals surface area (Å²) in [6, 6.07) is 5.45. The molecule has 1 aliphatic heterocycles. The number of amides is 2. The second kappa shape index (κ2) is 9.63. The molecule has 0 bridgehead atoms. The molecule has 0 saturated carbocycles. The van der Waals surface area contributed by atoms with E-state index >= 15 is 0 Å². The number of thioether (sulfide) groups is 1. The van der Waals surface area contributed by atoms with Crippen LogP contribution >= 0.6 is 23.1 Å². The molecule has 3 heterocycles. The summed E-state index contributed by atoms with van der Waals surface area (Å²) in [7, 11) is 0. The number of aromatic nitrogens is 2. The molecule has 0 fully saturated rings. The summed E-state index contributed by atoms with van der Waals surface area (Å²) in [6.07, 6.45) is 0. The van der Waals surface area contributed by atoms with Gasteiger partial charge in [-0.2, -0.15) is 0 Å². The van der Waals surface area contributed by atoms with Crippen molar-refractivity contribution < 1.29 is 14.3 Å². The molecule has 178 valence electrons. The van der Waals surface area contributed by atoms with Crippen LogP contribution in [-0.4, -0.2) is 40.5 Å². The normalized spacial score (nSPS) is 13.7. The van der Waals surface area contributed by atoms with Crippen LogP contribution in [0.4, 0.5) is 4.79 Å². The standard InChI is InChI=1S/C24H26N4O4S2/c1-6-32-22(30)16-10-25-23(31)26-17(16)11-33-24-27-20-19(14(4)15(5)34-20)21(29)28(24)18-9-7-8-12(2)13(18)3/h7-9H,6,10-11H2,1-5H3,(H2,25,26,31). The zero-order chi connectivity index (χ0) is 24.6. The fraction of sp³-hybridized carbons (Fsp3) is 0.333. The average Bonchev–Trinajstić information content (AvgIpc) is 3.08. The Hall–Kier alpha value is -3.11. The van der Waals surface area contributed by atoms with Gasteiger partial charge in [0.25, 0.3) is 5.56 Å². The Kier molecular flexibility index (Phi) is 6.81. The van der Waals surface area contributed by atoms with Gasteiger partial charge in [-0.25, -0.2) is 14.6 Å². The van der Waals surface area contributed by atoms with Crippen molar-refractivity contribution in [3.63, 3.8) is 0 Å². The number of hydrogen-bond donors (Lipinski definition) is 2. The topological polar surface area (TPSA) is 102 Å². The molecule has 1 aliphatic rings. The van der Waals surface area contributed by atoms with Crippen LogP contribution < -0.4 is 16.2 Å². The molecular formula is C24H26N4O4S2. The van der Waals surface area contributed by atoms with Crippen molar-refractivity contribution in [2.45, 2.75) is 39.8 Å². The van der Waals surface area contributed by atoms with E-state index in [1.165, 1.54) is 23.1 Å². The molecule has 8 nitrogen and oxygen atoms in total. The van der Waals surface area contributed by atoms with Crippen molar-refractivity contribution in [2.75, 3.05) is 18.9 Å². The Bertz CT molecular complexity index is 1400. The van der Waals surface area contributed by atoms with E-state index in [0.29, 0.717) is 26.6 Å². The fourth-order valence-electron chi connectivity index (χ4n) is 3.77. The van der Waals surface area contributed by atoms with Crippen LogP contribution in [0.5, 0.6) is 0 Å². The van der Waals surface area contributed by atoms with Crippen molar-refractivity contribution in [2.24, 2.45) is 0 Å². The van der Waals surface area contributed by atoms with Gasteiger partial charge in [0.2, 0.25) is 0 Å². The molecule has 2 aromatic heterocycles. The number of rotatable bonds is 6. The van der Waals surface area contributed by atoms with Gasteiger partial charge in [-0.15, -0.1) is 11.3 Å². The maximum Gasteiger partial charge on any atom is 0.337 e. The Morgan fingerprint density at radius 2 is 1.97 bits per heavy atom. The van der Waals surface area contributed by atoms with Gasteiger partial charge in [0, 0.05) is 16.3 Å². The number of thiophene rings is 1. The minimum atomic E-state index is -0.481. The molecule has 0 radical (unpaired) electrons. The smallest absolute Gasteiger partial charge is 0.337 e. The van der Waals surface area contributed by atoms with E-state index in [2.05, 4.69) is 10.6 Å². The second-order valence-electron chi connectivity index (χ2n) is 7.99. The third-order valence-electron chi connectivity index (χ3n) is 5.91. The van der Waals surface area contributed by atoms with Gasteiger partial charge in [-0.05, 0) is 57.4 Å². The van der Waals surface area contributed by atoms with Gasteiger partial charge in [0.15, 0.2) is 5.16 Å². The first-order valence-corrected chi connectivity index (χ1v) is 12.7. The summed E-state index contributed by atoms with van der Waals surface area (Å²) >= 11 is 2.79. The SMILES string of the molecule is CCOC(=O)C1=C(CSc2nc3sc(C)c(C)c3c(=O)n2-c2cccc(C)c2C)NC(=O)NC1. The summed E-state index contributed by atoms with van der Waals surface area (Å²) in [5.74, 6) is -0.237. The molecule has 2 amide bonds. The number of hydrogen-bond acceptors (Lipinski definition) is 7. The minimum Gasteiger partial charge on any atom is -0.463 e. The van der Waals surface area contributed by atoms with E-state index in [0.717, 1.165) is 27.3 Å². The highest BCUT2D eigenvalue weighted by Crippen LogP contribution is 2.31. The van der Waals surface area contributed by atoms with Gasteiger partial charge in [-0.1, -0.05) is 23.9 Å². The van der Waals surface area contributed by atoms with Crippen LogP contribution in [0.3, 0.4) is 0 Å². The lowest BCUT2D eigenvalue weighted by molar-refractivity contribution is -0.138. The number of carbonyl (C=O) groups is 2. The minimum absolute atomic E-state index is 0.0835. The van der Waals surface area contributed by atoms with E-state index in [-0.39, 0.29) is 30.5 Å². The number of ether oxygens (including phenoxy) is 1. The van der Waals surface area contributed by atoms with Crippen LogP contribution in [0.25, 0.3) is 15.9 Å². The van der Waals surface area contributed by atoms with Crippen LogP contribution in [0.2, 0.25) is 0 Å². The zero-order valence-corrected chi connectivity index (χ0v) is 21.3. The molecular weight excluding hydrogens is 472 g/mol. The summed E-state index contributed by atoms with van der Waals surface area (Å²) < 4.78 is 6.79. The third kappa shape index (κ3) is 4.35. The average molecular weight is 499 g/mol. The van der Waals surface area contributed by atoms with Gasteiger partial charge >= 0.3 is 12.0 Å². The number of fused-ring (bicyclic) bond motifs is 1. The van der Waals surface area contributed by atoms with Crippen molar-refractivity contribution >= 4 is 45.3 Å². The maximum atomic E-state index is 13.8. The summed E-state index contributed by atoms with van der Waals surface area (Å²) in [6.45, 7) is 9.96. The lowest BCUT2D eigenvalue weighted by Gasteiger charge is -2.21.